The lowest BCUT2D eigenvalue weighted by molar-refractivity contribution is 0.0948. The van der Waals surface area contributed by atoms with Crippen molar-refractivity contribution in [3.8, 4) is 0 Å². The van der Waals surface area contributed by atoms with Gasteiger partial charge >= 0.3 is 0 Å². The van der Waals surface area contributed by atoms with E-state index in [1.54, 1.807) is 0 Å². The Morgan fingerprint density at radius 1 is 1.44 bits per heavy atom. The topological polar surface area (TPSA) is 55.1 Å². The van der Waals surface area contributed by atoms with Gasteiger partial charge in [0.15, 0.2) is 0 Å². The fraction of sp³-hybridized carbons (Fsp3) is 0.462. The van der Waals surface area contributed by atoms with Crippen molar-refractivity contribution in [2.24, 2.45) is 11.7 Å². The number of amides is 1. The second-order valence-corrected chi connectivity index (χ2v) is 4.37. The molecule has 0 aliphatic rings. The fourth-order valence-corrected chi connectivity index (χ4v) is 1.51. The van der Waals surface area contributed by atoms with E-state index in [1.165, 1.54) is 5.56 Å². The van der Waals surface area contributed by atoms with Gasteiger partial charge in [-0.05, 0) is 37.9 Å². The highest BCUT2D eigenvalue weighted by Crippen LogP contribution is 2.10. The molecule has 1 aromatic carbocycles. The maximum atomic E-state index is 11.8. The second-order valence-electron chi connectivity index (χ2n) is 4.37. The van der Waals surface area contributed by atoms with Crippen LogP contribution in [-0.2, 0) is 0 Å². The molecular formula is C13H20N2O. The van der Waals surface area contributed by atoms with E-state index in [-0.39, 0.29) is 5.91 Å². The van der Waals surface area contributed by atoms with Crippen molar-refractivity contribution in [3.63, 3.8) is 0 Å². The van der Waals surface area contributed by atoms with Crippen LogP contribution in [0, 0.1) is 19.8 Å². The summed E-state index contributed by atoms with van der Waals surface area (Å²) in [5.41, 5.74) is 8.42. The highest BCUT2D eigenvalue weighted by molar-refractivity contribution is 5.95. The summed E-state index contributed by atoms with van der Waals surface area (Å²) in [5.74, 6) is 0.299. The fourth-order valence-electron chi connectivity index (χ4n) is 1.51. The van der Waals surface area contributed by atoms with Gasteiger partial charge < -0.3 is 11.1 Å². The summed E-state index contributed by atoms with van der Waals surface area (Å²) >= 11 is 0. The van der Waals surface area contributed by atoms with Crippen molar-refractivity contribution in [2.45, 2.75) is 20.8 Å². The van der Waals surface area contributed by atoms with Gasteiger partial charge in [0.1, 0.15) is 0 Å². The number of hydrogen-bond acceptors (Lipinski definition) is 2. The summed E-state index contributed by atoms with van der Waals surface area (Å²) in [4.78, 5) is 11.8. The Kier molecular flexibility index (Phi) is 4.50. The smallest absolute Gasteiger partial charge is 0.251 e. The van der Waals surface area contributed by atoms with E-state index in [2.05, 4.69) is 5.32 Å². The summed E-state index contributed by atoms with van der Waals surface area (Å²) in [7, 11) is 0. The van der Waals surface area contributed by atoms with Crippen LogP contribution in [0.25, 0.3) is 0 Å². The van der Waals surface area contributed by atoms with E-state index in [9.17, 15) is 4.79 Å². The number of nitrogens with one attached hydrogen (secondary N) is 1. The molecule has 3 N–H and O–H groups in total. The first kappa shape index (κ1) is 12.7. The average Bonchev–Trinajstić information content (AvgIpc) is 2.25. The van der Waals surface area contributed by atoms with Crippen LogP contribution in [0.3, 0.4) is 0 Å². The third-order valence-corrected chi connectivity index (χ3v) is 2.64. The third-order valence-electron chi connectivity index (χ3n) is 2.64. The van der Waals surface area contributed by atoms with Crippen LogP contribution >= 0.6 is 0 Å². The summed E-state index contributed by atoms with van der Waals surface area (Å²) in [6.07, 6.45) is 0. The maximum absolute atomic E-state index is 11.8. The zero-order valence-corrected chi connectivity index (χ0v) is 10.2. The molecule has 1 unspecified atom stereocenters. The molecule has 0 radical (unpaired) electrons. The van der Waals surface area contributed by atoms with E-state index in [0.29, 0.717) is 19.0 Å². The molecule has 0 saturated carbocycles. The van der Waals surface area contributed by atoms with Gasteiger partial charge in [0, 0.05) is 12.1 Å². The molecule has 1 amide bonds. The molecule has 1 aromatic rings. The normalized spacial score (nSPS) is 12.2. The second kappa shape index (κ2) is 5.66. The summed E-state index contributed by atoms with van der Waals surface area (Å²) in [5, 5.41) is 2.89. The molecule has 0 saturated heterocycles. The number of benzene rings is 1. The first-order valence-corrected chi connectivity index (χ1v) is 5.60. The van der Waals surface area contributed by atoms with Crippen molar-refractivity contribution in [3.05, 3.63) is 34.9 Å². The Hall–Kier alpha value is -1.35. The summed E-state index contributed by atoms with van der Waals surface area (Å²) < 4.78 is 0. The Bertz CT molecular complexity index is 374. The van der Waals surface area contributed by atoms with Gasteiger partial charge in [-0.15, -0.1) is 0 Å². The molecule has 0 aliphatic heterocycles. The first-order valence-electron chi connectivity index (χ1n) is 5.60. The van der Waals surface area contributed by atoms with Gasteiger partial charge in [-0.1, -0.05) is 24.6 Å². The van der Waals surface area contributed by atoms with Crippen LogP contribution in [0.4, 0.5) is 0 Å². The average molecular weight is 220 g/mol. The number of carbonyl (C=O) groups excluding carboxylic acids is 1. The van der Waals surface area contributed by atoms with E-state index in [0.717, 1.165) is 11.1 Å². The summed E-state index contributed by atoms with van der Waals surface area (Å²) in [6, 6.07) is 5.84. The standard InChI is InChI=1S/C13H20N2O/c1-9-4-5-12(11(3)6-9)13(16)15-8-10(2)7-14/h4-6,10H,7-8,14H2,1-3H3,(H,15,16). The van der Waals surface area contributed by atoms with Crippen LogP contribution in [0.5, 0.6) is 0 Å². The molecular weight excluding hydrogens is 200 g/mol. The highest BCUT2D eigenvalue weighted by Gasteiger charge is 2.09. The molecule has 3 nitrogen and oxygen atoms in total. The lowest BCUT2D eigenvalue weighted by Crippen LogP contribution is -2.31. The van der Waals surface area contributed by atoms with E-state index in [4.69, 9.17) is 5.73 Å². The largest absolute Gasteiger partial charge is 0.352 e. The van der Waals surface area contributed by atoms with E-state index in [1.807, 2.05) is 39.0 Å². The van der Waals surface area contributed by atoms with E-state index < -0.39 is 0 Å². The van der Waals surface area contributed by atoms with Gasteiger partial charge in [0.25, 0.3) is 5.91 Å². The van der Waals surface area contributed by atoms with Crippen molar-refractivity contribution in [2.75, 3.05) is 13.1 Å². The van der Waals surface area contributed by atoms with Crippen molar-refractivity contribution in [1.29, 1.82) is 0 Å². The molecule has 0 fully saturated rings. The summed E-state index contributed by atoms with van der Waals surface area (Å²) in [6.45, 7) is 7.21. The minimum absolute atomic E-state index is 0.0159. The lowest BCUT2D eigenvalue weighted by atomic mass is 10.0. The number of nitrogens with two attached hydrogens (primary N) is 1. The highest BCUT2D eigenvalue weighted by atomic mass is 16.1. The van der Waals surface area contributed by atoms with Gasteiger partial charge in [0.2, 0.25) is 0 Å². The number of carbonyl (C=O) groups is 1. The quantitative estimate of drug-likeness (QED) is 0.810. The van der Waals surface area contributed by atoms with Crippen LogP contribution in [-0.4, -0.2) is 19.0 Å². The lowest BCUT2D eigenvalue weighted by Gasteiger charge is -2.11. The van der Waals surface area contributed by atoms with Gasteiger partial charge in [-0.25, -0.2) is 0 Å². The molecule has 0 bridgehead atoms. The van der Waals surface area contributed by atoms with E-state index >= 15 is 0 Å². The Morgan fingerprint density at radius 2 is 2.12 bits per heavy atom. The zero-order valence-electron chi connectivity index (χ0n) is 10.2. The Balaban J connectivity index is 2.66. The predicted molar refractivity (Wildman–Crippen MR) is 66.5 cm³/mol. The van der Waals surface area contributed by atoms with Crippen molar-refractivity contribution < 1.29 is 4.79 Å². The predicted octanol–water partition coefficient (Wildman–Crippen LogP) is 1.63. The molecule has 0 aromatic heterocycles. The van der Waals surface area contributed by atoms with Crippen LogP contribution < -0.4 is 11.1 Å². The number of hydrogen-bond donors (Lipinski definition) is 2. The number of rotatable bonds is 4. The van der Waals surface area contributed by atoms with Crippen LogP contribution in [0.15, 0.2) is 18.2 Å². The molecule has 3 heteroatoms. The van der Waals surface area contributed by atoms with Crippen LogP contribution in [0.2, 0.25) is 0 Å². The zero-order chi connectivity index (χ0) is 12.1. The van der Waals surface area contributed by atoms with Crippen molar-refractivity contribution in [1.82, 2.24) is 5.32 Å². The maximum Gasteiger partial charge on any atom is 0.251 e. The Labute approximate surface area is 97.0 Å². The molecule has 0 heterocycles. The molecule has 16 heavy (non-hydrogen) atoms. The van der Waals surface area contributed by atoms with Crippen molar-refractivity contribution >= 4 is 5.91 Å². The van der Waals surface area contributed by atoms with Gasteiger partial charge in [0.05, 0.1) is 0 Å². The molecule has 0 spiro atoms. The SMILES string of the molecule is Cc1ccc(C(=O)NCC(C)CN)c(C)c1. The molecule has 1 rings (SSSR count). The Morgan fingerprint density at radius 3 is 2.69 bits per heavy atom. The minimum Gasteiger partial charge on any atom is -0.352 e. The minimum atomic E-state index is -0.0159. The van der Waals surface area contributed by atoms with Crippen LogP contribution in [0.1, 0.15) is 28.4 Å². The molecule has 88 valence electrons. The number of aryl methyl sites for hydroxylation is 2. The monoisotopic (exact) mass is 220 g/mol. The van der Waals surface area contributed by atoms with Gasteiger partial charge in [-0.3, -0.25) is 4.79 Å². The first-order chi connectivity index (χ1) is 7.54. The van der Waals surface area contributed by atoms with Gasteiger partial charge in [-0.2, -0.15) is 0 Å². The third kappa shape index (κ3) is 3.35. The molecule has 0 aliphatic carbocycles. The molecule has 1 atom stereocenters.